The lowest BCUT2D eigenvalue weighted by atomic mass is 10.2. The molecule has 3 aromatic carbocycles. The number of carbonyl (C=O) groups is 2. The molecule has 0 aliphatic carbocycles. The number of fused-ring (bicyclic) bond motifs is 1. The van der Waals surface area contributed by atoms with Gasteiger partial charge in [0.05, 0.1) is 17.7 Å². The van der Waals surface area contributed by atoms with Crippen LogP contribution in [-0.4, -0.2) is 54.5 Å². The van der Waals surface area contributed by atoms with Gasteiger partial charge in [0.2, 0.25) is 5.91 Å². The largest absolute Gasteiger partial charge is 0.457 e. The van der Waals surface area contributed by atoms with Crippen molar-refractivity contribution in [1.82, 2.24) is 15.2 Å². The van der Waals surface area contributed by atoms with Crippen LogP contribution in [0.5, 0.6) is 11.5 Å². The molecule has 1 saturated heterocycles. The van der Waals surface area contributed by atoms with E-state index in [0.29, 0.717) is 40.8 Å². The number of anilines is 2. The third kappa shape index (κ3) is 6.10. The summed E-state index contributed by atoms with van der Waals surface area (Å²) in [4.78, 5) is 33.7. The summed E-state index contributed by atoms with van der Waals surface area (Å²) in [5.74, 6) is 1.22. The van der Waals surface area contributed by atoms with E-state index in [4.69, 9.17) is 16.3 Å². The predicted octanol–water partition coefficient (Wildman–Crippen LogP) is 5.15. The molecule has 2 N–H and O–H groups in total. The zero-order valence-corrected chi connectivity index (χ0v) is 20.8. The van der Waals surface area contributed by atoms with E-state index in [2.05, 4.69) is 20.5 Å². The van der Waals surface area contributed by atoms with Gasteiger partial charge in [-0.05, 0) is 60.7 Å². The molecule has 1 fully saturated rings. The predicted molar refractivity (Wildman–Crippen MR) is 146 cm³/mol. The van der Waals surface area contributed by atoms with E-state index in [0.717, 1.165) is 24.2 Å². The minimum atomic E-state index is -0.463. The van der Waals surface area contributed by atoms with Crippen molar-refractivity contribution in [3.05, 3.63) is 90.1 Å². The molecule has 9 heteroatoms. The number of benzene rings is 3. The Hall–Kier alpha value is -4.30. The molecule has 4 aromatic rings. The van der Waals surface area contributed by atoms with E-state index >= 15 is 0 Å². The summed E-state index contributed by atoms with van der Waals surface area (Å²) in [6.07, 6.45) is 1.63. The minimum Gasteiger partial charge on any atom is -0.457 e. The monoisotopic (exact) mass is 515 g/mol. The molecule has 1 aromatic heterocycles. The van der Waals surface area contributed by atoms with Crippen LogP contribution in [0.2, 0.25) is 5.02 Å². The van der Waals surface area contributed by atoms with Crippen LogP contribution in [0.3, 0.4) is 0 Å². The van der Waals surface area contributed by atoms with Crippen LogP contribution in [0.15, 0.2) is 85.1 Å². The lowest BCUT2D eigenvalue weighted by molar-refractivity contribution is -0.130. The first kappa shape index (κ1) is 24.4. The number of ether oxygens (including phenoxy) is 1. The Labute approximate surface area is 219 Å². The fourth-order valence-electron chi connectivity index (χ4n) is 4.22. The Morgan fingerprint density at radius 2 is 1.65 bits per heavy atom. The van der Waals surface area contributed by atoms with E-state index in [1.807, 2.05) is 72.8 Å². The van der Waals surface area contributed by atoms with Gasteiger partial charge in [-0.1, -0.05) is 29.8 Å². The van der Waals surface area contributed by atoms with Gasteiger partial charge in [-0.25, -0.2) is 4.79 Å². The summed E-state index contributed by atoms with van der Waals surface area (Å²) >= 11 is 5.97. The molecule has 5 rings (SSSR count). The third-order valence-electron chi connectivity index (χ3n) is 6.16. The molecule has 3 amide bonds. The number of hydrogen-bond acceptors (Lipinski definition) is 5. The number of nitrogens with one attached hydrogen (secondary N) is 2. The van der Waals surface area contributed by atoms with Crippen molar-refractivity contribution in [1.29, 1.82) is 0 Å². The molecule has 0 atom stereocenters. The Bertz CT molecular complexity index is 1390. The molecule has 188 valence electrons. The average molecular weight is 516 g/mol. The van der Waals surface area contributed by atoms with Crippen LogP contribution in [0, 0.1) is 0 Å². The molecule has 8 nitrogen and oxygen atoms in total. The summed E-state index contributed by atoms with van der Waals surface area (Å²) in [6, 6.07) is 23.9. The molecular weight excluding hydrogens is 490 g/mol. The molecule has 37 heavy (non-hydrogen) atoms. The number of carbonyl (C=O) groups excluding carboxylic acids is 2. The number of hydrogen-bond donors (Lipinski definition) is 2. The number of rotatable bonds is 6. The first-order valence-corrected chi connectivity index (χ1v) is 12.4. The summed E-state index contributed by atoms with van der Waals surface area (Å²) in [7, 11) is 0. The van der Waals surface area contributed by atoms with Gasteiger partial charge in [-0.3, -0.25) is 9.78 Å². The number of pyridine rings is 1. The number of aromatic nitrogens is 1. The van der Waals surface area contributed by atoms with Crippen molar-refractivity contribution in [2.24, 2.45) is 0 Å². The first-order chi connectivity index (χ1) is 18.0. The second-order valence-corrected chi connectivity index (χ2v) is 9.04. The average Bonchev–Trinajstić information content (AvgIpc) is 2.93. The van der Waals surface area contributed by atoms with Crippen molar-refractivity contribution in [2.45, 2.75) is 0 Å². The van der Waals surface area contributed by atoms with E-state index in [1.165, 1.54) is 0 Å². The highest BCUT2D eigenvalue weighted by atomic mass is 35.5. The summed E-state index contributed by atoms with van der Waals surface area (Å²) in [6.45, 7) is 2.53. The van der Waals surface area contributed by atoms with E-state index in [-0.39, 0.29) is 12.5 Å². The van der Waals surface area contributed by atoms with Gasteiger partial charge in [0.15, 0.2) is 0 Å². The molecule has 0 unspecified atom stereocenters. The van der Waals surface area contributed by atoms with E-state index in [1.54, 1.807) is 17.2 Å². The Balaban J connectivity index is 1.15. The lowest BCUT2D eigenvalue weighted by Crippen LogP contribution is -2.51. The number of piperazine rings is 1. The van der Waals surface area contributed by atoms with Crippen LogP contribution in [0.1, 0.15) is 0 Å². The minimum absolute atomic E-state index is 0.0852. The highest BCUT2D eigenvalue weighted by molar-refractivity contribution is 6.30. The molecule has 1 aliphatic rings. The molecule has 0 radical (unpaired) electrons. The molecule has 2 heterocycles. The maximum Gasteiger partial charge on any atom is 0.319 e. The van der Waals surface area contributed by atoms with Gasteiger partial charge < -0.3 is 25.2 Å². The zero-order chi connectivity index (χ0) is 25.6. The highest BCUT2D eigenvalue weighted by Gasteiger charge is 2.21. The quantitative estimate of drug-likeness (QED) is 0.371. The topological polar surface area (TPSA) is 86.8 Å². The first-order valence-electron chi connectivity index (χ1n) is 12.0. The molecular formula is C28H26ClN5O3. The van der Waals surface area contributed by atoms with Crippen molar-refractivity contribution >= 4 is 45.8 Å². The van der Waals surface area contributed by atoms with Gasteiger partial charge in [0, 0.05) is 48.5 Å². The Morgan fingerprint density at radius 1 is 0.892 bits per heavy atom. The molecule has 0 bridgehead atoms. The normalized spacial score (nSPS) is 13.3. The van der Waals surface area contributed by atoms with Gasteiger partial charge in [0.1, 0.15) is 11.5 Å². The number of para-hydroxylation sites is 1. The number of amides is 3. The van der Waals surface area contributed by atoms with Crippen molar-refractivity contribution in [2.75, 3.05) is 42.9 Å². The Morgan fingerprint density at radius 3 is 2.41 bits per heavy atom. The van der Waals surface area contributed by atoms with Gasteiger partial charge in [0.25, 0.3) is 0 Å². The van der Waals surface area contributed by atoms with Crippen LogP contribution >= 0.6 is 11.6 Å². The van der Waals surface area contributed by atoms with E-state index in [9.17, 15) is 9.59 Å². The second kappa shape index (κ2) is 11.2. The summed E-state index contributed by atoms with van der Waals surface area (Å²) in [5.41, 5.74) is 2.37. The second-order valence-electron chi connectivity index (χ2n) is 8.60. The van der Waals surface area contributed by atoms with Gasteiger partial charge >= 0.3 is 6.03 Å². The maximum absolute atomic E-state index is 12.7. The third-order valence-corrected chi connectivity index (χ3v) is 6.42. The van der Waals surface area contributed by atoms with Crippen molar-refractivity contribution in [3.63, 3.8) is 0 Å². The smallest absolute Gasteiger partial charge is 0.319 e. The Kier molecular flexibility index (Phi) is 7.37. The fraction of sp³-hybridized carbons (Fsp3) is 0.179. The zero-order valence-electron chi connectivity index (χ0n) is 20.1. The number of urea groups is 1. The van der Waals surface area contributed by atoms with Gasteiger partial charge in [-0.2, -0.15) is 0 Å². The van der Waals surface area contributed by atoms with Crippen molar-refractivity contribution in [3.8, 4) is 11.5 Å². The molecule has 0 saturated carbocycles. The highest BCUT2D eigenvalue weighted by Crippen LogP contribution is 2.29. The number of nitrogens with zero attached hydrogens (tertiary/aromatic N) is 3. The molecule has 1 aliphatic heterocycles. The van der Waals surface area contributed by atoms with Crippen LogP contribution in [0.4, 0.5) is 16.2 Å². The SMILES string of the molecule is O=C(NCC(=O)N1CCN(c2ccc(Cl)cc2)CC1)Nc1ccnc2ccc(Oc3ccccc3)cc12. The maximum atomic E-state index is 12.7. The van der Waals surface area contributed by atoms with Crippen LogP contribution < -0.4 is 20.3 Å². The fourth-order valence-corrected chi connectivity index (χ4v) is 4.35. The van der Waals surface area contributed by atoms with Crippen LogP contribution in [0.25, 0.3) is 10.9 Å². The summed E-state index contributed by atoms with van der Waals surface area (Å²) < 4.78 is 5.92. The summed E-state index contributed by atoms with van der Waals surface area (Å²) in [5, 5.41) is 6.94. The van der Waals surface area contributed by atoms with Crippen LogP contribution in [-0.2, 0) is 4.79 Å². The lowest BCUT2D eigenvalue weighted by Gasteiger charge is -2.36. The van der Waals surface area contributed by atoms with Crippen molar-refractivity contribution < 1.29 is 14.3 Å². The molecule has 0 spiro atoms. The van der Waals surface area contributed by atoms with E-state index < -0.39 is 6.03 Å². The van der Waals surface area contributed by atoms with Gasteiger partial charge in [-0.15, -0.1) is 0 Å². The number of halogens is 1. The standard InChI is InChI=1S/C28H26ClN5O3/c29-20-6-8-21(9-7-20)33-14-16-34(17-15-33)27(35)19-31-28(36)32-26-12-13-30-25-11-10-23(18-24(25)26)37-22-4-2-1-3-5-22/h1-13,18H,14-17,19H2,(H2,30,31,32,36).